The van der Waals surface area contributed by atoms with Gasteiger partial charge >= 0.3 is 0 Å². The van der Waals surface area contributed by atoms with Gasteiger partial charge in [-0.2, -0.15) is 10.5 Å². The molecule has 0 spiro atoms. The number of fused-ring (bicyclic) bond motifs is 6. The van der Waals surface area contributed by atoms with Gasteiger partial charge < -0.3 is 9.13 Å². The van der Waals surface area contributed by atoms with E-state index in [4.69, 9.17) is 0 Å². The van der Waals surface area contributed by atoms with Crippen LogP contribution in [0.2, 0.25) is 0 Å². The molecule has 10 aromatic carbocycles. The summed E-state index contributed by atoms with van der Waals surface area (Å²) in [5.41, 5.74) is 28.3. The molecule has 0 bridgehead atoms. The fourth-order valence-corrected chi connectivity index (χ4v) is 12.2. The summed E-state index contributed by atoms with van der Waals surface area (Å²) in [5.74, 6) is 0. The Kier molecular flexibility index (Phi) is 11.3. The smallest absolute Gasteiger partial charge is 0.0993 e. The van der Waals surface area contributed by atoms with Crippen molar-refractivity contribution in [3.63, 3.8) is 0 Å². The molecule has 0 aliphatic heterocycles. The molecular weight excluding hydrogens is 909 g/mol. The Morgan fingerprint density at radius 2 is 0.507 bits per heavy atom. The number of benzene rings is 10. The summed E-state index contributed by atoms with van der Waals surface area (Å²) in [7, 11) is 0. The van der Waals surface area contributed by atoms with Gasteiger partial charge in [0.15, 0.2) is 0 Å². The SMILES string of the molecule is Cc1cc(C)cc(-c2ccc3c4ccc(-c5cc(C)cc(C)c5)cc4n(-c4cc(C#N)cc(-n5c6cc(-c7cc(C)cc(C)c7)ccc6c6ccc(-c7cc(C)cc(C)c7)cc65)c4-c4cc(C)cc(C#N)c4)c3c2)c1. The molecule has 4 nitrogen and oxygen atoms in total. The van der Waals surface area contributed by atoms with Crippen LogP contribution in [0.4, 0.5) is 0 Å². The minimum Gasteiger partial charge on any atom is -0.308 e. The van der Waals surface area contributed by atoms with Gasteiger partial charge in [0.25, 0.3) is 0 Å². The summed E-state index contributed by atoms with van der Waals surface area (Å²) in [6.45, 7) is 19.3. The highest BCUT2D eigenvalue weighted by Gasteiger charge is 2.25. The predicted octanol–water partition coefficient (Wildman–Crippen LogP) is 18.7. The largest absolute Gasteiger partial charge is 0.308 e. The molecule has 12 aromatic rings. The van der Waals surface area contributed by atoms with Crippen molar-refractivity contribution in [3.8, 4) is 79.1 Å². The molecule has 12 rings (SSSR count). The lowest BCUT2D eigenvalue weighted by molar-refractivity contribution is 1.13. The van der Waals surface area contributed by atoms with E-state index in [1.807, 2.05) is 12.1 Å². The quantitative estimate of drug-likeness (QED) is 0.160. The molecule has 0 N–H and O–H groups in total. The monoisotopic (exact) mass is 964 g/mol. The van der Waals surface area contributed by atoms with E-state index in [1.165, 1.54) is 44.5 Å². The van der Waals surface area contributed by atoms with E-state index in [0.717, 1.165) is 116 Å². The molecule has 0 aliphatic rings. The average molecular weight is 965 g/mol. The van der Waals surface area contributed by atoms with E-state index in [9.17, 15) is 10.5 Å². The van der Waals surface area contributed by atoms with Crippen molar-refractivity contribution in [1.29, 1.82) is 10.5 Å². The third kappa shape index (κ3) is 8.36. The molecule has 0 aliphatic carbocycles. The first-order chi connectivity index (χ1) is 36.2. The lowest BCUT2D eigenvalue weighted by Crippen LogP contribution is -2.06. The molecular formula is C71H56N4. The van der Waals surface area contributed by atoms with Gasteiger partial charge in [0, 0.05) is 27.1 Å². The van der Waals surface area contributed by atoms with Crippen LogP contribution in [0.1, 0.15) is 61.2 Å². The van der Waals surface area contributed by atoms with Gasteiger partial charge in [0.2, 0.25) is 0 Å². The second kappa shape index (κ2) is 18.1. The number of hydrogen-bond donors (Lipinski definition) is 0. The van der Waals surface area contributed by atoms with E-state index in [0.29, 0.717) is 11.1 Å². The lowest BCUT2D eigenvalue weighted by atomic mass is 9.95. The number of rotatable bonds is 7. The van der Waals surface area contributed by atoms with Crippen molar-refractivity contribution in [2.75, 3.05) is 0 Å². The van der Waals surface area contributed by atoms with Crippen LogP contribution in [0.3, 0.4) is 0 Å². The molecule has 0 saturated carbocycles. The van der Waals surface area contributed by atoms with Crippen LogP contribution < -0.4 is 0 Å². The fourth-order valence-electron chi connectivity index (χ4n) is 12.2. The standard InChI is InChI=1S/C71H56N4/c1-41-18-42(2)24-56(23-41)52-10-14-61-62-15-11-53(57-25-43(3)19-44(4)26-57)36-66(62)74(65(61)35-52)69-33-51(40-73)34-70(71(69)60-31-49(9)22-50(32-60)39-72)75-67-37-54(58-27-45(5)20-46(6)28-58)12-16-63(67)64-17-13-55(38-68(64)75)59-29-47(7)21-48(8)30-59/h10-38H,1-9H3. The molecule has 0 atom stereocenters. The van der Waals surface area contributed by atoms with Gasteiger partial charge in [-0.3, -0.25) is 0 Å². The van der Waals surface area contributed by atoms with E-state index >= 15 is 0 Å². The molecule has 2 aromatic heterocycles. The predicted molar refractivity (Wildman–Crippen MR) is 314 cm³/mol. The Hall–Kier alpha value is -9.22. The van der Waals surface area contributed by atoms with E-state index in [2.05, 4.69) is 247 Å². The first kappa shape index (κ1) is 46.8. The highest BCUT2D eigenvalue weighted by atomic mass is 15.0. The van der Waals surface area contributed by atoms with Crippen molar-refractivity contribution in [2.24, 2.45) is 0 Å². The molecule has 0 saturated heterocycles. The zero-order chi connectivity index (χ0) is 52.0. The van der Waals surface area contributed by atoms with Crippen LogP contribution >= 0.6 is 0 Å². The lowest BCUT2D eigenvalue weighted by Gasteiger charge is -2.22. The molecule has 75 heavy (non-hydrogen) atoms. The Morgan fingerprint density at radius 3 is 0.787 bits per heavy atom. The number of aromatic nitrogens is 2. The summed E-state index contributed by atoms with van der Waals surface area (Å²) in [4.78, 5) is 0. The third-order valence-corrected chi connectivity index (χ3v) is 15.0. The van der Waals surface area contributed by atoms with Gasteiger partial charge in [0.05, 0.1) is 56.7 Å². The second-order valence-electron chi connectivity index (χ2n) is 21.3. The topological polar surface area (TPSA) is 57.4 Å². The summed E-state index contributed by atoms with van der Waals surface area (Å²) < 4.78 is 4.79. The molecule has 2 heterocycles. The zero-order valence-electron chi connectivity index (χ0n) is 44.0. The van der Waals surface area contributed by atoms with Gasteiger partial charge in [-0.25, -0.2) is 0 Å². The first-order valence-corrected chi connectivity index (χ1v) is 25.8. The molecule has 0 fully saturated rings. The first-order valence-electron chi connectivity index (χ1n) is 25.8. The number of nitriles is 2. The highest BCUT2D eigenvalue weighted by Crippen LogP contribution is 2.46. The molecule has 0 amide bonds. The van der Waals surface area contributed by atoms with Gasteiger partial charge in [0.1, 0.15) is 0 Å². The normalized spacial score (nSPS) is 11.5. The third-order valence-electron chi connectivity index (χ3n) is 15.0. The van der Waals surface area contributed by atoms with Crippen LogP contribution in [0.15, 0.2) is 176 Å². The maximum atomic E-state index is 11.4. The van der Waals surface area contributed by atoms with E-state index in [1.54, 1.807) is 0 Å². The van der Waals surface area contributed by atoms with Crippen LogP contribution in [0.5, 0.6) is 0 Å². The van der Waals surface area contributed by atoms with Crippen LogP contribution in [0, 0.1) is 85.0 Å². The minimum atomic E-state index is 0.522. The summed E-state index contributed by atoms with van der Waals surface area (Å²) >= 11 is 0. The second-order valence-corrected chi connectivity index (χ2v) is 21.3. The Morgan fingerprint density at radius 1 is 0.253 bits per heavy atom. The van der Waals surface area contributed by atoms with Gasteiger partial charge in [-0.1, -0.05) is 172 Å². The van der Waals surface area contributed by atoms with Crippen LogP contribution in [-0.2, 0) is 0 Å². The van der Waals surface area contributed by atoms with Crippen molar-refractivity contribution < 1.29 is 0 Å². The van der Waals surface area contributed by atoms with Crippen molar-refractivity contribution >= 4 is 43.6 Å². The van der Waals surface area contributed by atoms with Crippen molar-refractivity contribution in [1.82, 2.24) is 9.13 Å². The van der Waals surface area contributed by atoms with Gasteiger partial charge in [-0.05, 0) is 166 Å². The molecule has 4 heteroatoms. The molecule has 360 valence electrons. The highest BCUT2D eigenvalue weighted by molar-refractivity contribution is 6.14. The van der Waals surface area contributed by atoms with Gasteiger partial charge in [-0.15, -0.1) is 0 Å². The molecule has 0 unspecified atom stereocenters. The number of hydrogen-bond acceptors (Lipinski definition) is 2. The van der Waals surface area contributed by atoms with Crippen LogP contribution in [0.25, 0.3) is 111 Å². The fraction of sp³-hybridized carbons (Fsp3) is 0.127. The van der Waals surface area contributed by atoms with Crippen molar-refractivity contribution in [3.05, 3.63) is 237 Å². The Bertz CT molecular complexity index is 3940. The zero-order valence-corrected chi connectivity index (χ0v) is 44.0. The number of nitrogens with zero attached hydrogens (tertiary/aromatic N) is 4. The summed E-state index contributed by atoms with van der Waals surface area (Å²) in [6.07, 6.45) is 0. The maximum absolute atomic E-state index is 11.4. The van der Waals surface area contributed by atoms with Crippen LogP contribution in [-0.4, -0.2) is 9.13 Å². The molecule has 0 radical (unpaired) electrons. The Balaban J connectivity index is 1.27. The van der Waals surface area contributed by atoms with E-state index < -0.39 is 0 Å². The summed E-state index contributed by atoms with van der Waals surface area (Å²) in [6, 6.07) is 69.8. The average Bonchev–Trinajstić information content (AvgIpc) is 3.94. The maximum Gasteiger partial charge on any atom is 0.0993 e. The van der Waals surface area contributed by atoms with Crippen molar-refractivity contribution in [2.45, 2.75) is 62.3 Å². The van der Waals surface area contributed by atoms with E-state index in [-0.39, 0.29) is 0 Å². The summed E-state index contributed by atoms with van der Waals surface area (Å²) in [5, 5.41) is 26.5. The minimum absolute atomic E-state index is 0.522. The number of aryl methyl sites for hydroxylation is 9. The Labute approximate surface area is 439 Å².